The lowest BCUT2D eigenvalue weighted by atomic mass is 9.92. The summed E-state index contributed by atoms with van der Waals surface area (Å²) in [7, 11) is 0. The zero-order valence-corrected chi connectivity index (χ0v) is 32.9. The molecule has 17 heteroatoms. The number of urea groups is 2. The first kappa shape index (κ1) is 41.6. The molecule has 3 aromatic carbocycles. The van der Waals surface area contributed by atoms with Crippen LogP contribution in [0.1, 0.15) is 37.7 Å². The Morgan fingerprint density at radius 3 is 2.05 bits per heavy atom. The number of aliphatic carboxylic acids is 1. The topological polar surface area (TPSA) is 210 Å². The van der Waals surface area contributed by atoms with Crippen molar-refractivity contribution in [2.24, 2.45) is 0 Å². The summed E-state index contributed by atoms with van der Waals surface area (Å²) in [5.74, 6) is 1.48. The number of aromatic amines is 1. The van der Waals surface area contributed by atoms with Crippen molar-refractivity contribution < 1.29 is 33.4 Å². The number of nitrogens with zero attached hydrogens (tertiary/aromatic N) is 5. The van der Waals surface area contributed by atoms with Gasteiger partial charge >= 0.3 is 18.0 Å². The third-order valence-corrected chi connectivity index (χ3v) is 8.34. The third-order valence-electron chi connectivity index (χ3n) is 8.34. The van der Waals surface area contributed by atoms with E-state index >= 15 is 0 Å². The molecule has 16 nitrogen and oxygen atoms in total. The Morgan fingerprint density at radius 1 is 0.733 bits per heavy atom. The first-order chi connectivity index (χ1) is 28.8. The van der Waals surface area contributed by atoms with Crippen molar-refractivity contribution in [3.05, 3.63) is 151 Å². The van der Waals surface area contributed by atoms with Crippen LogP contribution in [0.5, 0.6) is 23.0 Å². The van der Waals surface area contributed by atoms with Crippen LogP contribution in [0.25, 0.3) is 5.69 Å². The number of carbonyl (C=O) groups is 3. The quantitative estimate of drug-likeness (QED) is 0.0729. The Kier molecular flexibility index (Phi) is 13.1. The van der Waals surface area contributed by atoms with E-state index in [-0.39, 0.29) is 17.5 Å². The summed E-state index contributed by atoms with van der Waals surface area (Å²) in [6, 6.07) is 27.4. The van der Waals surface area contributed by atoms with Crippen LogP contribution in [0.15, 0.2) is 128 Å². The van der Waals surface area contributed by atoms with Crippen LogP contribution in [0.2, 0.25) is 0 Å². The molecule has 7 aromatic rings. The van der Waals surface area contributed by atoms with E-state index in [1.54, 1.807) is 120 Å². The van der Waals surface area contributed by atoms with Crippen LogP contribution in [0.3, 0.4) is 0 Å². The minimum atomic E-state index is -0.896. The van der Waals surface area contributed by atoms with E-state index < -0.39 is 23.8 Å². The van der Waals surface area contributed by atoms with Gasteiger partial charge < -0.3 is 25.2 Å². The van der Waals surface area contributed by atoms with Gasteiger partial charge in [0, 0.05) is 65.3 Å². The molecular formula is C43H41FN10O6. The standard InChI is InChI=1S/C23H19N5O4.C20H22FN5O2/c29-22(30)15-16-1-5-18(6-2-16)28-21(11-14-25-28)27-23(31)26-17-3-7-19(8-4-17)32-20-9-12-24-13-10-20;1-12-9-14(7-8-22-12)28-13-5-6-16(15(21)10-13)23-19(27)24-18-11-17(25-26-18)20(2,3)4/h1-14H,15H2,(H,29,30)(H2,26,27,31);5-11H,1-4H3,(H3,23,24,25,26,27). The minimum absolute atomic E-state index is 0.0299. The number of nitrogens with one attached hydrogen (secondary N) is 5. The molecular weight excluding hydrogens is 772 g/mol. The van der Waals surface area contributed by atoms with Crippen molar-refractivity contribution in [2.45, 2.75) is 39.5 Å². The predicted octanol–water partition coefficient (Wildman–Crippen LogP) is 9.32. The maximum absolute atomic E-state index is 14.3. The summed E-state index contributed by atoms with van der Waals surface area (Å²) in [4.78, 5) is 43.4. The number of pyridine rings is 2. The average molecular weight is 813 g/mol. The summed E-state index contributed by atoms with van der Waals surface area (Å²) >= 11 is 0. The number of H-pyrrole nitrogens is 1. The van der Waals surface area contributed by atoms with Crippen LogP contribution >= 0.6 is 0 Å². The van der Waals surface area contributed by atoms with Gasteiger partial charge in [0.25, 0.3) is 0 Å². The first-order valence-electron chi connectivity index (χ1n) is 18.4. The highest BCUT2D eigenvalue weighted by Crippen LogP contribution is 2.27. The smallest absolute Gasteiger partial charge is 0.324 e. The van der Waals surface area contributed by atoms with Gasteiger partial charge in [-0.3, -0.25) is 30.5 Å². The Labute approximate surface area is 343 Å². The van der Waals surface area contributed by atoms with E-state index in [1.807, 2.05) is 27.7 Å². The normalized spacial score (nSPS) is 10.8. The number of amides is 4. The van der Waals surface area contributed by atoms with Crippen LogP contribution in [-0.4, -0.2) is 53.1 Å². The Hall–Kier alpha value is -8.08. The fraction of sp³-hybridized carbons (Fsp3) is 0.140. The molecule has 6 N–H and O–H groups in total. The maximum atomic E-state index is 14.3. The van der Waals surface area contributed by atoms with Gasteiger partial charge in [0.2, 0.25) is 0 Å². The molecule has 0 spiro atoms. The zero-order chi connectivity index (χ0) is 42.6. The van der Waals surface area contributed by atoms with Gasteiger partial charge in [-0.05, 0) is 79.2 Å². The number of carboxylic acids is 1. The van der Waals surface area contributed by atoms with Crippen LogP contribution in [-0.2, 0) is 16.6 Å². The van der Waals surface area contributed by atoms with Crippen molar-refractivity contribution in [3.8, 4) is 28.7 Å². The second kappa shape index (κ2) is 18.9. The number of aromatic nitrogens is 6. The van der Waals surface area contributed by atoms with E-state index in [4.69, 9.17) is 14.6 Å². The maximum Gasteiger partial charge on any atom is 0.324 e. The fourth-order valence-electron chi connectivity index (χ4n) is 5.38. The lowest BCUT2D eigenvalue weighted by molar-refractivity contribution is -0.136. The minimum Gasteiger partial charge on any atom is -0.481 e. The summed E-state index contributed by atoms with van der Waals surface area (Å²) in [5, 5.41) is 30.6. The molecule has 4 heterocycles. The van der Waals surface area contributed by atoms with Gasteiger partial charge in [0.05, 0.1) is 24.0 Å². The lowest BCUT2D eigenvalue weighted by Crippen LogP contribution is -2.21. The summed E-state index contributed by atoms with van der Waals surface area (Å²) in [6.07, 6.45) is 6.40. The largest absolute Gasteiger partial charge is 0.481 e. The molecule has 0 unspecified atom stereocenters. The highest BCUT2D eigenvalue weighted by Gasteiger charge is 2.18. The summed E-state index contributed by atoms with van der Waals surface area (Å²) < 4.78 is 27.2. The second-order valence-corrected chi connectivity index (χ2v) is 14.1. The molecule has 0 aliphatic rings. The molecule has 0 aliphatic carbocycles. The monoisotopic (exact) mass is 812 g/mol. The van der Waals surface area contributed by atoms with E-state index in [0.29, 0.717) is 51.6 Å². The highest BCUT2D eigenvalue weighted by atomic mass is 19.1. The molecule has 0 saturated heterocycles. The highest BCUT2D eigenvalue weighted by molar-refractivity contribution is 6.00. The SMILES string of the molecule is Cc1cc(Oc2ccc(NC(=O)Nc3cc(C(C)(C)C)[nH]n3)c(F)c2)ccn1.O=C(O)Cc1ccc(-n2nccc2NC(=O)Nc2ccc(Oc3ccncc3)cc2)cc1. The summed E-state index contributed by atoms with van der Waals surface area (Å²) in [5.41, 5.74) is 3.53. The number of aryl methyl sites for hydroxylation is 1. The lowest BCUT2D eigenvalue weighted by Gasteiger charge is -2.14. The van der Waals surface area contributed by atoms with Crippen LogP contribution in [0, 0.1) is 12.7 Å². The Balaban J connectivity index is 0.000000203. The van der Waals surface area contributed by atoms with E-state index in [1.165, 1.54) is 12.1 Å². The molecule has 0 radical (unpaired) electrons. The van der Waals surface area contributed by atoms with Crippen LogP contribution in [0.4, 0.5) is 37.0 Å². The molecule has 60 heavy (non-hydrogen) atoms. The molecule has 4 aromatic heterocycles. The number of carbonyl (C=O) groups excluding carboxylic acids is 2. The number of ether oxygens (including phenoxy) is 2. The molecule has 0 bridgehead atoms. The number of benzene rings is 3. The zero-order valence-electron chi connectivity index (χ0n) is 32.9. The van der Waals surface area contributed by atoms with Crippen molar-refractivity contribution in [1.82, 2.24) is 29.9 Å². The van der Waals surface area contributed by atoms with Crippen molar-refractivity contribution >= 4 is 41.0 Å². The molecule has 306 valence electrons. The molecule has 0 aliphatic heterocycles. The van der Waals surface area contributed by atoms with Gasteiger partial charge in [-0.1, -0.05) is 32.9 Å². The van der Waals surface area contributed by atoms with Crippen molar-refractivity contribution in [3.63, 3.8) is 0 Å². The van der Waals surface area contributed by atoms with Gasteiger partial charge in [-0.25, -0.2) is 18.7 Å². The number of rotatable bonds is 11. The Morgan fingerprint density at radius 2 is 1.38 bits per heavy atom. The first-order valence-corrected chi connectivity index (χ1v) is 18.4. The number of anilines is 4. The molecule has 0 saturated carbocycles. The van der Waals surface area contributed by atoms with Gasteiger partial charge in [0.15, 0.2) is 5.82 Å². The van der Waals surface area contributed by atoms with Crippen molar-refractivity contribution in [1.29, 1.82) is 0 Å². The second-order valence-electron chi connectivity index (χ2n) is 14.1. The molecule has 4 amide bonds. The third kappa shape index (κ3) is 12.0. The van der Waals surface area contributed by atoms with Gasteiger partial charge in [-0.15, -0.1) is 0 Å². The Bertz CT molecular complexity index is 2550. The number of hydrogen-bond acceptors (Lipinski definition) is 9. The van der Waals surface area contributed by atoms with E-state index in [9.17, 15) is 18.8 Å². The average Bonchev–Trinajstić information content (AvgIpc) is 3.88. The molecule has 0 atom stereocenters. The van der Waals surface area contributed by atoms with E-state index in [2.05, 4.69) is 46.5 Å². The predicted molar refractivity (Wildman–Crippen MR) is 224 cm³/mol. The van der Waals surface area contributed by atoms with Crippen molar-refractivity contribution in [2.75, 3.05) is 21.3 Å². The van der Waals surface area contributed by atoms with E-state index in [0.717, 1.165) is 11.4 Å². The van der Waals surface area contributed by atoms with Gasteiger partial charge in [0.1, 0.15) is 34.6 Å². The fourth-order valence-corrected chi connectivity index (χ4v) is 5.38. The number of carboxylic acid groups (broad SMARTS) is 1. The molecule has 7 rings (SSSR count). The summed E-state index contributed by atoms with van der Waals surface area (Å²) in [6.45, 7) is 7.91. The number of hydrogen-bond donors (Lipinski definition) is 6. The number of halogens is 1. The van der Waals surface area contributed by atoms with Crippen LogP contribution < -0.4 is 30.7 Å². The van der Waals surface area contributed by atoms with Gasteiger partial charge in [-0.2, -0.15) is 10.2 Å². The molecule has 0 fully saturated rings.